The van der Waals surface area contributed by atoms with Gasteiger partial charge < -0.3 is 0 Å². The third kappa shape index (κ3) is 4.12. The second-order valence-corrected chi connectivity index (χ2v) is 5.97. The first kappa shape index (κ1) is 14.7. The molecule has 0 saturated carbocycles. The zero-order valence-electron chi connectivity index (χ0n) is 9.21. The van der Waals surface area contributed by atoms with E-state index in [0.29, 0.717) is 0 Å². The molecule has 0 N–H and O–H groups in total. The maximum Gasteiger partial charge on any atom is 0.416 e. The summed E-state index contributed by atoms with van der Waals surface area (Å²) < 4.78 is 38.8. The van der Waals surface area contributed by atoms with Gasteiger partial charge in [0.25, 0.3) is 0 Å². The summed E-state index contributed by atoms with van der Waals surface area (Å²) in [4.78, 5) is 4.67. The zero-order chi connectivity index (χ0) is 14.0. The van der Waals surface area contributed by atoms with Gasteiger partial charge in [0.05, 0.1) is 5.56 Å². The molecule has 0 bridgehead atoms. The molecule has 0 unspecified atom stereocenters. The van der Waals surface area contributed by atoms with Crippen LogP contribution in [-0.2, 0) is 6.18 Å². The molecule has 1 aromatic carbocycles. The summed E-state index contributed by atoms with van der Waals surface area (Å²) in [6.07, 6.45) is -4.43. The van der Waals surface area contributed by atoms with Gasteiger partial charge in [-0.05, 0) is 36.4 Å². The molecule has 1 nitrogen and oxygen atoms in total. The largest absolute Gasteiger partial charge is 0.416 e. The van der Waals surface area contributed by atoms with Crippen molar-refractivity contribution in [2.75, 3.05) is 0 Å². The minimum Gasteiger partial charge on any atom is -0.229 e. The predicted molar refractivity (Wildman–Crippen MR) is 72.5 cm³/mol. The first-order valence-electron chi connectivity index (χ1n) is 5.03. The molecule has 0 saturated heterocycles. The lowest BCUT2D eigenvalue weighted by Gasteiger charge is -2.09. The van der Waals surface area contributed by atoms with E-state index in [-0.39, 0.29) is 10.2 Å². The molecule has 0 spiro atoms. The minimum atomic E-state index is -4.43. The number of nitrogens with zero attached hydrogens (tertiary/aromatic N) is 1. The van der Waals surface area contributed by atoms with Crippen molar-refractivity contribution < 1.29 is 13.2 Å². The quantitative estimate of drug-likeness (QED) is 0.634. The van der Waals surface area contributed by atoms with Crippen molar-refractivity contribution in [2.45, 2.75) is 16.1 Å². The lowest BCUT2D eigenvalue weighted by Crippen LogP contribution is -2.05. The van der Waals surface area contributed by atoms with Crippen LogP contribution in [0.25, 0.3) is 0 Å². The van der Waals surface area contributed by atoms with Crippen LogP contribution in [0.15, 0.2) is 50.8 Å². The normalized spacial score (nSPS) is 11.6. The van der Waals surface area contributed by atoms with Crippen LogP contribution >= 0.6 is 39.3 Å². The van der Waals surface area contributed by atoms with Crippen LogP contribution in [0.2, 0.25) is 5.15 Å². The molecule has 0 amide bonds. The summed E-state index contributed by atoms with van der Waals surface area (Å²) in [7, 11) is 0. The highest BCUT2D eigenvalue weighted by Crippen LogP contribution is 2.35. The maximum atomic E-state index is 12.6. The zero-order valence-corrected chi connectivity index (χ0v) is 12.4. The van der Waals surface area contributed by atoms with E-state index < -0.39 is 11.7 Å². The average Bonchev–Trinajstić information content (AvgIpc) is 2.30. The van der Waals surface area contributed by atoms with Crippen LogP contribution in [-0.4, -0.2) is 4.98 Å². The van der Waals surface area contributed by atoms with Crippen molar-refractivity contribution in [1.29, 1.82) is 0 Å². The Balaban J connectivity index is 2.30. The van der Waals surface area contributed by atoms with Gasteiger partial charge in [0, 0.05) is 9.37 Å². The number of hydrogen-bond donors (Lipinski definition) is 0. The highest BCUT2D eigenvalue weighted by Gasteiger charge is 2.31. The Morgan fingerprint density at radius 2 is 1.74 bits per heavy atom. The molecule has 0 fully saturated rings. The molecule has 0 radical (unpaired) electrons. The van der Waals surface area contributed by atoms with Crippen LogP contribution in [0.1, 0.15) is 5.56 Å². The monoisotopic (exact) mass is 367 g/mol. The van der Waals surface area contributed by atoms with E-state index in [4.69, 9.17) is 11.6 Å². The van der Waals surface area contributed by atoms with Gasteiger partial charge in [-0.2, -0.15) is 13.2 Å². The molecule has 2 aromatic rings. The molecule has 7 heteroatoms. The summed E-state index contributed by atoms with van der Waals surface area (Å²) in [6.45, 7) is 0. The summed E-state index contributed by atoms with van der Waals surface area (Å²) in [5.74, 6) is 0. The van der Waals surface area contributed by atoms with E-state index in [2.05, 4.69) is 20.9 Å². The van der Waals surface area contributed by atoms with Crippen LogP contribution in [0.3, 0.4) is 0 Å². The lowest BCUT2D eigenvalue weighted by atomic mass is 10.3. The maximum absolute atomic E-state index is 12.6. The van der Waals surface area contributed by atoms with Crippen LogP contribution in [0.5, 0.6) is 0 Å². The van der Waals surface area contributed by atoms with Crippen molar-refractivity contribution in [1.82, 2.24) is 4.98 Å². The highest BCUT2D eigenvalue weighted by atomic mass is 79.9. The molecule has 100 valence electrons. The predicted octanol–water partition coefficient (Wildman–Crippen LogP) is 5.67. The van der Waals surface area contributed by atoms with Crippen molar-refractivity contribution in [3.05, 3.63) is 51.6 Å². The van der Waals surface area contributed by atoms with Gasteiger partial charge in [0.15, 0.2) is 0 Å². The summed E-state index contributed by atoms with van der Waals surface area (Å²) >= 11 is 10.0. The fourth-order valence-electron chi connectivity index (χ4n) is 1.31. The van der Waals surface area contributed by atoms with Crippen molar-refractivity contribution in [3.63, 3.8) is 0 Å². The first-order valence-corrected chi connectivity index (χ1v) is 7.01. The van der Waals surface area contributed by atoms with Gasteiger partial charge in [-0.1, -0.05) is 39.3 Å². The minimum absolute atomic E-state index is 0.172. The van der Waals surface area contributed by atoms with Gasteiger partial charge in [0.1, 0.15) is 10.2 Å². The lowest BCUT2D eigenvalue weighted by molar-refractivity contribution is -0.137. The number of benzene rings is 1. The molecule has 0 aliphatic carbocycles. The Bertz CT molecular complexity index is 587. The van der Waals surface area contributed by atoms with Gasteiger partial charge in [-0.15, -0.1) is 0 Å². The van der Waals surface area contributed by atoms with Gasteiger partial charge in [-0.25, -0.2) is 4.98 Å². The number of aromatic nitrogens is 1. The second kappa shape index (κ2) is 5.73. The van der Waals surface area contributed by atoms with Crippen LogP contribution in [0.4, 0.5) is 13.2 Å². The summed E-state index contributed by atoms with van der Waals surface area (Å²) in [5.41, 5.74) is -0.799. The molecule has 19 heavy (non-hydrogen) atoms. The third-order valence-electron chi connectivity index (χ3n) is 2.13. The molecular formula is C12H6BrClF3NS. The second-order valence-electron chi connectivity index (χ2n) is 3.57. The van der Waals surface area contributed by atoms with E-state index in [9.17, 15) is 13.2 Å². The Labute approximate surface area is 125 Å². The van der Waals surface area contributed by atoms with Gasteiger partial charge >= 0.3 is 6.18 Å². The first-order chi connectivity index (χ1) is 8.84. The van der Waals surface area contributed by atoms with Gasteiger partial charge in [0.2, 0.25) is 0 Å². The van der Waals surface area contributed by atoms with E-state index in [1.54, 1.807) is 24.3 Å². The third-order valence-corrected chi connectivity index (χ3v) is 3.78. The molecule has 0 aliphatic heterocycles. The van der Waals surface area contributed by atoms with E-state index in [1.165, 1.54) is 0 Å². The van der Waals surface area contributed by atoms with Crippen LogP contribution in [0, 0.1) is 0 Å². The number of halogens is 5. The topological polar surface area (TPSA) is 12.9 Å². The Hall–Kier alpha value is -0.720. The molecule has 2 rings (SSSR count). The Kier molecular flexibility index (Phi) is 4.43. The Morgan fingerprint density at radius 1 is 1.11 bits per heavy atom. The average molecular weight is 369 g/mol. The number of alkyl halides is 3. The molecule has 0 atom stereocenters. The molecule has 1 aromatic heterocycles. The van der Waals surface area contributed by atoms with E-state index in [0.717, 1.165) is 33.3 Å². The SMILES string of the molecule is FC(F)(F)c1cc(Cl)nc(Sc2ccc(Br)cc2)c1. The fraction of sp³-hybridized carbons (Fsp3) is 0.0833. The van der Waals surface area contributed by atoms with Gasteiger partial charge in [-0.3, -0.25) is 0 Å². The standard InChI is InChI=1S/C12H6BrClF3NS/c13-8-1-3-9(4-2-8)19-11-6-7(12(15,16)17)5-10(14)18-11/h1-6H. The smallest absolute Gasteiger partial charge is 0.229 e. The van der Waals surface area contributed by atoms with E-state index >= 15 is 0 Å². The van der Waals surface area contributed by atoms with Crippen molar-refractivity contribution >= 4 is 39.3 Å². The Morgan fingerprint density at radius 3 is 2.32 bits per heavy atom. The van der Waals surface area contributed by atoms with Crippen molar-refractivity contribution in [3.8, 4) is 0 Å². The number of rotatable bonds is 2. The van der Waals surface area contributed by atoms with E-state index in [1.807, 2.05) is 0 Å². The number of pyridine rings is 1. The summed E-state index contributed by atoms with van der Waals surface area (Å²) in [5, 5.41) is 0.0385. The van der Waals surface area contributed by atoms with Crippen molar-refractivity contribution in [2.24, 2.45) is 0 Å². The summed E-state index contributed by atoms with van der Waals surface area (Å²) in [6, 6.07) is 8.97. The number of hydrogen-bond acceptors (Lipinski definition) is 2. The van der Waals surface area contributed by atoms with Crippen LogP contribution < -0.4 is 0 Å². The molecule has 1 heterocycles. The molecule has 0 aliphatic rings. The highest BCUT2D eigenvalue weighted by molar-refractivity contribution is 9.10. The molecular weight excluding hydrogens is 363 g/mol. The fourth-order valence-corrected chi connectivity index (χ4v) is 2.68.